The molecule has 7 heteroatoms. The zero-order chi connectivity index (χ0) is 13.3. The number of amidine groups is 1. The molecule has 0 amide bonds. The maximum atomic E-state index is 9.97. The van der Waals surface area contributed by atoms with E-state index in [0.717, 1.165) is 12.8 Å². The van der Waals surface area contributed by atoms with Gasteiger partial charge in [-0.25, -0.2) is 0 Å². The topological polar surface area (TPSA) is 96.5 Å². The summed E-state index contributed by atoms with van der Waals surface area (Å²) in [6, 6.07) is -0.385. The highest BCUT2D eigenvalue weighted by Crippen LogP contribution is 2.34. The van der Waals surface area contributed by atoms with Crippen LogP contribution in [0.5, 0.6) is 0 Å². The minimum atomic E-state index is -1.37. The number of nitrogens with zero attached hydrogens (tertiary/aromatic N) is 2. The maximum absolute atomic E-state index is 9.97. The molecule has 0 aliphatic carbocycles. The summed E-state index contributed by atoms with van der Waals surface area (Å²) in [5.74, 6) is 0.562. The Morgan fingerprint density at radius 1 is 1.22 bits per heavy atom. The van der Waals surface area contributed by atoms with Crippen LogP contribution in [0.2, 0.25) is 0 Å². The van der Waals surface area contributed by atoms with Crippen LogP contribution < -0.4 is 0 Å². The predicted octanol–water partition coefficient (Wildman–Crippen LogP) is -1.03. The first-order valence-corrected chi connectivity index (χ1v) is 7.24. The normalized spacial score (nSPS) is 42.4. The Kier molecular flexibility index (Phi) is 4.50. The number of aliphatic hydroxyl groups is 4. The van der Waals surface area contributed by atoms with Crippen molar-refractivity contribution in [2.24, 2.45) is 4.99 Å². The van der Waals surface area contributed by atoms with Crippen LogP contribution in [-0.2, 0) is 0 Å². The molecule has 2 rings (SSSR count). The lowest BCUT2D eigenvalue weighted by Gasteiger charge is -2.44. The second kappa shape index (κ2) is 5.75. The lowest BCUT2D eigenvalue weighted by molar-refractivity contribution is -0.190. The highest BCUT2D eigenvalue weighted by Gasteiger charge is 2.51. The van der Waals surface area contributed by atoms with Gasteiger partial charge in [0.2, 0.25) is 0 Å². The third kappa shape index (κ3) is 2.37. The van der Waals surface area contributed by atoms with E-state index in [2.05, 4.69) is 11.9 Å². The van der Waals surface area contributed by atoms with E-state index in [1.807, 2.05) is 0 Å². The molecular weight excluding hydrogens is 256 g/mol. The smallest absolute Gasteiger partial charge is 0.161 e. The highest BCUT2D eigenvalue weighted by molar-refractivity contribution is 8.14. The third-order valence-corrected chi connectivity index (χ3v) is 4.51. The first kappa shape index (κ1) is 14.1. The van der Waals surface area contributed by atoms with Gasteiger partial charge in [0.15, 0.2) is 11.4 Å². The second-order valence-corrected chi connectivity index (χ2v) is 5.68. The molecule has 2 aliphatic rings. The number of fused-ring (bicyclic) bond motifs is 1. The average Bonchev–Trinajstić information content (AvgIpc) is 2.78. The third-order valence-electron chi connectivity index (χ3n) is 3.40. The molecular formula is C11H20N2O4S. The van der Waals surface area contributed by atoms with Gasteiger partial charge in [-0.15, -0.1) is 0 Å². The largest absolute Gasteiger partial charge is 0.388 e. The molecule has 18 heavy (non-hydrogen) atoms. The number of aliphatic hydroxyl groups excluding tert-OH is 4. The van der Waals surface area contributed by atoms with Crippen molar-refractivity contribution in [1.82, 2.24) is 4.90 Å². The average molecular weight is 276 g/mol. The van der Waals surface area contributed by atoms with Gasteiger partial charge in [-0.2, -0.15) is 0 Å². The quantitative estimate of drug-likeness (QED) is 0.493. The van der Waals surface area contributed by atoms with Gasteiger partial charge in [0, 0.05) is 12.3 Å². The first-order valence-electron chi connectivity index (χ1n) is 6.25. The summed E-state index contributed by atoms with van der Waals surface area (Å²) in [4.78, 5) is 5.91. The van der Waals surface area contributed by atoms with Crippen molar-refractivity contribution in [2.75, 3.05) is 12.3 Å². The van der Waals surface area contributed by atoms with E-state index in [0.29, 0.717) is 17.5 Å². The molecule has 0 radical (unpaired) electrons. The van der Waals surface area contributed by atoms with Gasteiger partial charge in [0.25, 0.3) is 0 Å². The molecule has 5 atom stereocenters. The molecule has 0 aromatic rings. The van der Waals surface area contributed by atoms with E-state index in [1.54, 1.807) is 0 Å². The fourth-order valence-electron chi connectivity index (χ4n) is 2.26. The molecule has 6 nitrogen and oxygen atoms in total. The number of piperidine rings is 1. The number of thioether (sulfide) groups is 1. The predicted molar refractivity (Wildman–Crippen MR) is 69.3 cm³/mol. The van der Waals surface area contributed by atoms with Crippen molar-refractivity contribution in [3.63, 3.8) is 0 Å². The molecule has 4 N–H and O–H groups in total. The van der Waals surface area contributed by atoms with Gasteiger partial charge in [-0.1, -0.05) is 25.1 Å². The Morgan fingerprint density at radius 2 is 1.94 bits per heavy atom. The second-order valence-electron chi connectivity index (χ2n) is 4.69. The van der Waals surface area contributed by atoms with Crippen LogP contribution in [0, 0.1) is 0 Å². The van der Waals surface area contributed by atoms with E-state index in [4.69, 9.17) is 0 Å². The van der Waals surface area contributed by atoms with E-state index in [-0.39, 0.29) is 6.04 Å². The number of hydrogen-bond donors (Lipinski definition) is 4. The summed E-state index contributed by atoms with van der Waals surface area (Å²) in [5, 5.41) is 39.8. The van der Waals surface area contributed by atoms with Crippen LogP contribution in [0.1, 0.15) is 19.8 Å². The molecule has 2 heterocycles. The van der Waals surface area contributed by atoms with Crippen LogP contribution in [0.4, 0.5) is 0 Å². The number of hydrogen-bond acceptors (Lipinski definition) is 6. The summed E-state index contributed by atoms with van der Waals surface area (Å²) in [6.07, 6.45) is -2.94. The molecule has 0 aromatic carbocycles. The van der Waals surface area contributed by atoms with Crippen LogP contribution in [0.25, 0.3) is 0 Å². The summed E-state index contributed by atoms with van der Waals surface area (Å²) < 4.78 is 0. The molecule has 2 saturated heterocycles. The van der Waals surface area contributed by atoms with E-state index < -0.39 is 24.5 Å². The Hall–Kier alpha value is -0.340. The Labute approximate surface area is 110 Å². The lowest BCUT2D eigenvalue weighted by Crippen LogP contribution is -2.65. The van der Waals surface area contributed by atoms with Crippen molar-refractivity contribution in [2.45, 2.75) is 50.3 Å². The van der Waals surface area contributed by atoms with E-state index in [1.165, 1.54) is 16.7 Å². The minimum Gasteiger partial charge on any atom is -0.388 e. The molecule has 0 unspecified atom stereocenters. The fourth-order valence-corrected chi connectivity index (χ4v) is 3.51. The Bertz CT molecular complexity index is 328. The van der Waals surface area contributed by atoms with Crippen molar-refractivity contribution < 1.29 is 20.4 Å². The summed E-state index contributed by atoms with van der Waals surface area (Å²) >= 11 is 1.44. The molecule has 0 bridgehead atoms. The van der Waals surface area contributed by atoms with Gasteiger partial charge in [-0.05, 0) is 6.42 Å². The van der Waals surface area contributed by atoms with Gasteiger partial charge in [-0.3, -0.25) is 4.99 Å². The Morgan fingerprint density at radius 3 is 2.61 bits per heavy atom. The van der Waals surface area contributed by atoms with Gasteiger partial charge in [0.1, 0.15) is 18.3 Å². The van der Waals surface area contributed by atoms with Crippen LogP contribution in [0.15, 0.2) is 4.99 Å². The standard InChI is InChI=1S/C11H20N2O4S/c1-2-3-4-12-11-13-6(5-18-11)7(14)8(15)9(16)10(13)17/h6-10,14-17H,2-5H2,1H3/t6-,7+,8+,9-,10+/m1/s1. The minimum absolute atomic E-state index is 0.385. The van der Waals surface area contributed by atoms with Gasteiger partial charge >= 0.3 is 0 Å². The number of rotatable bonds is 3. The zero-order valence-electron chi connectivity index (χ0n) is 10.3. The Balaban J connectivity index is 2.13. The van der Waals surface area contributed by atoms with Gasteiger partial charge in [0.05, 0.1) is 6.04 Å². The number of aliphatic imine (C=N–C) groups is 1. The van der Waals surface area contributed by atoms with Crippen molar-refractivity contribution in [1.29, 1.82) is 0 Å². The number of unbranched alkanes of at least 4 members (excludes halogenated alkanes) is 1. The highest BCUT2D eigenvalue weighted by atomic mass is 32.2. The van der Waals surface area contributed by atoms with Crippen LogP contribution in [-0.4, -0.2) is 73.4 Å². The summed E-state index contributed by atoms with van der Waals surface area (Å²) in [7, 11) is 0. The summed E-state index contributed by atoms with van der Waals surface area (Å²) in [5.41, 5.74) is 0. The molecule has 0 spiro atoms. The first-order chi connectivity index (χ1) is 8.57. The fraction of sp³-hybridized carbons (Fsp3) is 0.909. The molecule has 2 aliphatic heterocycles. The van der Waals surface area contributed by atoms with Crippen LogP contribution >= 0.6 is 11.8 Å². The van der Waals surface area contributed by atoms with Crippen LogP contribution in [0.3, 0.4) is 0 Å². The summed E-state index contributed by atoms with van der Waals surface area (Å²) in [6.45, 7) is 2.74. The monoisotopic (exact) mass is 276 g/mol. The van der Waals surface area contributed by atoms with Crippen molar-refractivity contribution in [3.05, 3.63) is 0 Å². The molecule has 0 aromatic heterocycles. The molecule has 0 saturated carbocycles. The molecule has 104 valence electrons. The van der Waals surface area contributed by atoms with Crippen molar-refractivity contribution in [3.8, 4) is 0 Å². The van der Waals surface area contributed by atoms with Gasteiger partial charge < -0.3 is 25.3 Å². The SMILES string of the molecule is CCCCN=C1SC[C@@H]2[C@H](O)[C@H](O)[C@@H](O)[C@H](O)N12. The van der Waals surface area contributed by atoms with Crippen molar-refractivity contribution >= 4 is 16.9 Å². The maximum Gasteiger partial charge on any atom is 0.161 e. The zero-order valence-corrected chi connectivity index (χ0v) is 11.1. The van der Waals surface area contributed by atoms with E-state index in [9.17, 15) is 20.4 Å². The molecule has 2 fully saturated rings. The lowest BCUT2D eigenvalue weighted by atomic mass is 9.94. The van der Waals surface area contributed by atoms with E-state index >= 15 is 0 Å².